The Morgan fingerprint density at radius 3 is 2.67 bits per heavy atom. The van der Waals surface area contributed by atoms with Gasteiger partial charge in [-0.25, -0.2) is 4.98 Å². The van der Waals surface area contributed by atoms with Crippen LogP contribution in [0.1, 0.15) is 12.8 Å². The lowest BCUT2D eigenvalue weighted by atomic mass is 9.83. The molecule has 5 heterocycles. The van der Waals surface area contributed by atoms with Crippen molar-refractivity contribution in [3.05, 3.63) is 57.3 Å². The highest BCUT2D eigenvalue weighted by atomic mass is 79.9. The number of aromatic amines is 2. The van der Waals surface area contributed by atoms with Crippen molar-refractivity contribution >= 4 is 43.6 Å². The first-order chi connectivity index (χ1) is 14.7. The predicted molar refractivity (Wildman–Crippen MR) is 124 cm³/mol. The van der Waals surface area contributed by atoms with Gasteiger partial charge >= 0.3 is 0 Å². The van der Waals surface area contributed by atoms with Crippen molar-refractivity contribution in [1.82, 2.24) is 19.9 Å². The summed E-state index contributed by atoms with van der Waals surface area (Å²) in [6.07, 6.45) is 2.42. The van der Waals surface area contributed by atoms with Crippen LogP contribution >= 0.6 is 15.9 Å². The van der Waals surface area contributed by atoms with Crippen LogP contribution in [0.5, 0.6) is 0 Å². The molecule has 7 heteroatoms. The summed E-state index contributed by atoms with van der Waals surface area (Å²) >= 11 is 3.60. The van der Waals surface area contributed by atoms with E-state index in [4.69, 9.17) is 4.98 Å². The van der Waals surface area contributed by atoms with Gasteiger partial charge in [-0.1, -0.05) is 28.1 Å². The lowest BCUT2D eigenvalue weighted by molar-refractivity contribution is 0.0976. The van der Waals surface area contributed by atoms with Gasteiger partial charge in [0.15, 0.2) is 0 Å². The van der Waals surface area contributed by atoms with Crippen LogP contribution in [0.3, 0.4) is 0 Å². The summed E-state index contributed by atoms with van der Waals surface area (Å²) < 4.78 is 0.981. The monoisotopic (exact) mass is 463 g/mol. The van der Waals surface area contributed by atoms with Crippen LogP contribution in [0, 0.1) is 5.92 Å². The Labute approximate surface area is 181 Å². The first kappa shape index (κ1) is 18.2. The van der Waals surface area contributed by atoms with Gasteiger partial charge in [-0.05, 0) is 62.2 Å². The van der Waals surface area contributed by atoms with E-state index in [0.717, 1.165) is 38.6 Å². The molecule has 3 saturated heterocycles. The fraction of sp³-hybridized carbons (Fsp3) is 0.304. The normalized spacial score (nSPS) is 23.3. The molecule has 0 saturated carbocycles. The molecule has 3 aliphatic heterocycles. The first-order valence-corrected chi connectivity index (χ1v) is 11.2. The van der Waals surface area contributed by atoms with Gasteiger partial charge in [-0.3, -0.25) is 4.79 Å². The summed E-state index contributed by atoms with van der Waals surface area (Å²) in [5.74, 6) is 1.24. The van der Waals surface area contributed by atoms with Crippen molar-refractivity contribution in [2.24, 2.45) is 5.92 Å². The van der Waals surface area contributed by atoms with Crippen LogP contribution < -0.4 is 10.9 Å². The largest absolute Gasteiger partial charge is 0.379 e. The molecule has 3 fully saturated rings. The minimum absolute atomic E-state index is 0.132. The fourth-order valence-corrected chi connectivity index (χ4v) is 5.39. The molecule has 2 aromatic heterocycles. The van der Waals surface area contributed by atoms with E-state index in [-0.39, 0.29) is 5.56 Å². The van der Waals surface area contributed by atoms with Gasteiger partial charge in [-0.2, -0.15) is 0 Å². The number of nitrogens with one attached hydrogen (secondary N) is 3. The summed E-state index contributed by atoms with van der Waals surface area (Å²) in [6, 6.07) is 14.2. The van der Waals surface area contributed by atoms with Crippen LogP contribution in [0.25, 0.3) is 33.3 Å². The van der Waals surface area contributed by atoms with Gasteiger partial charge in [-0.15, -0.1) is 0 Å². The van der Waals surface area contributed by atoms with Crippen molar-refractivity contribution in [3.63, 3.8) is 0 Å². The zero-order valence-electron chi connectivity index (χ0n) is 16.4. The van der Waals surface area contributed by atoms with Crippen LogP contribution in [0.4, 0.5) is 5.69 Å². The molecular formula is C23H22BrN5O. The molecule has 0 unspecified atom stereocenters. The van der Waals surface area contributed by atoms with E-state index >= 15 is 0 Å². The van der Waals surface area contributed by atoms with Gasteiger partial charge in [0.1, 0.15) is 11.4 Å². The molecule has 4 aromatic rings. The number of imidazole rings is 1. The Morgan fingerprint density at radius 1 is 1.07 bits per heavy atom. The quantitative estimate of drug-likeness (QED) is 0.422. The van der Waals surface area contributed by atoms with Crippen LogP contribution in [0.2, 0.25) is 0 Å². The van der Waals surface area contributed by atoms with Gasteiger partial charge in [0, 0.05) is 22.4 Å². The second-order valence-electron chi connectivity index (χ2n) is 8.39. The van der Waals surface area contributed by atoms with Gasteiger partial charge in [0.25, 0.3) is 5.56 Å². The topological polar surface area (TPSA) is 76.8 Å². The van der Waals surface area contributed by atoms with E-state index in [1.807, 2.05) is 36.4 Å². The summed E-state index contributed by atoms with van der Waals surface area (Å²) in [5, 5.41) is 4.79. The Bertz CT molecular complexity index is 1290. The molecule has 0 aliphatic carbocycles. The summed E-state index contributed by atoms with van der Waals surface area (Å²) in [7, 11) is 0. The standard InChI is InChI=1S/C23H22BrN5O/c24-14-5-6-16-15(11-14)21(25-19-12-29-9-7-13(19)8-10-29)20(23(30)28-16)22-26-17-3-1-2-4-18(17)27-22/h1-6,11,13,19H,7-10,12H2,(H,26,27)(H2,25,28,30)/t19-/m1/s1. The number of para-hydroxylation sites is 2. The molecule has 0 spiro atoms. The van der Waals surface area contributed by atoms with Gasteiger partial charge in [0.05, 0.1) is 22.2 Å². The maximum atomic E-state index is 13.2. The van der Waals surface area contributed by atoms with Crippen molar-refractivity contribution in [2.45, 2.75) is 18.9 Å². The minimum atomic E-state index is -0.132. The number of piperidine rings is 3. The Morgan fingerprint density at radius 2 is 1.90 bits per heavy atom. The van der Waals surface area contributed by atoms with E-state index in [0.29, 0.717) is 23.3 Å². The number of benzene rings is 2. The average Bonchev–Trinajstić information content (AvgIpc) is 3.19. The predicted octanol–water partition coefficient (Wildman–Crippen LogP) is 4.34. The van der Waals surface area contributed by atoms with Crippen LogP contribution in [-0.2, 0) is 0 Å². The number of pyridine rings is 1. The number of hydrogen-bond donors (Lipinski definition) is 3. The Kier molecular flexibility index (Phi) is 4.21. The van der Waals surface area contributed by atoms with Crippen molar-refractivity contribution in [1.29, 1.82) is 0 Å². The Balaban J connectivity index is 1.56. The third kappa shape index (κ3) is 2.96. The molecule has 6 nitrogen and oxygen atoms in total. The van der Waals surface area contributed by atoms with E-state index in [2.05, 4.69) is 42.2 Å². The molecule has 1 atom stereocenters. The van der Waals surface area contributed by atoms with Crippen LogP contribution in [-0.4, -0.2) is 45.5 Å². The highest BCUT2D eigenvalue weighted by Crippen LogP contribution is 2.36. The molecule has 152 valence electrons. The lowest BCUT2D eigenvalue weighted by Crippen LogP contribution is -2.53. The third-order valence-corrected chi connectivity index (χ3v) is 7.08. The number of aromatic nitrogens is 3. The Hall–Kier alpha value is -2.64. The maximum absolute atomic E-state index is 13.2. The number of rotatable bonds is 3. The molecule has 0 amide bonds. The summed E-state index contributed by atoms with van der Waals surface area (Å²) in [4.78, 5) is 26.9. The third-order valence-electron chi connectivity index (χ3n) is 6.59. The molecule has 3 N–H and O–H groups in total. The van der Waals surface area contributed by atoms with E-state index in [9.17, 15) is 4.79 Å². The SMILES string of the molecule is O=c1[nH]c2ccc(Br)cc2c(N[C@@H]2CN3CCC2CC3)c1-c1nc2ccccc2[nH]1. The average molecular weight is 464 g/mol. The molecule has 2 aromatic carbocycles. The number of halogens is 1. The number of fused-ring (bicyclic) bond motifs is 5. The number of anilines is 1. The van der Waals surface area contributed by atoms with E-state index < -0.39 is 0 Å². The fourth-order valence-electron chi connectivity index (χ4n) is 5.03. The minimum Gasteiger partial charge on any atom is -0.379 e. The molecule has 3 aliphatic rings. The zero-order valence-corrected chi connectivity index (χ0v) is 18.0. The molecule has 2 bridgehead atoms. The number of nitrogens with zero attached hydrogens (tertiary/aromatic N) is 2. The molecule has 30 heavy (non-hydrogen) atoms. The lowest BCUT2D eigenvalue weighted by Gasteiger charge is -2.45. The van der Waals surface area contributed by atoms with Gasteiger partial charge in [0.2, 0.25) is 0 Å². The highest BCUT2D eigenvalue weighted by Gasteiger charge is 2.35. The van der Waals surface area contributed by atoms with Crippen molar-refractivity contribution in [3.8, 4) is 11.4 Å². The summed E-state index contributed by atoms with van der Waals surface area (Å²) in [5.41, 5.74) is 3.92. The van der Waals surface area contributed by atoms with E-state index in [1.165, 1.54) is 25.9 Å². The molecule has 0 radical (unpaired) electrons. The van der Waals surface area contributed by atoms with Crippen LogP contribution in [0.15, 0.2) is 51.7 Å². The number of H-pyrrole nitrogens is 2. The highest BCUT2D eigenvalue weighted by molar-refractivity contribution is 9.10. The van der Waals surface area contributed by atoms with Crippen molar-refractivity contribution in [2.75, 3.05) is 25.0 Å². The number of hydrogen-bond acceptors (Lipinski definition) is 4. The maximum Gasteiger partial charge on any atom is 0.261 e. The molecule has 7 rings (SSSR count). The molecular weight excluding hydrogens is 442 g/mol. The zero-order chi connectivity index (χ0) is 20.2. The van der Waals surface area contributed by atoms with Gasteiger partial charge < -0.3 is 20.2 Å². The second-order valence-corrected chi connectivity index (χ2v) is 9.30. The summed E-state index contributed by atoms with van der Waals surface area (Å²) in [6.45, 7) is 3.38. The van der Waals surface area contributed by atoms with E-state index in [1.54, 1.807) is 0 Å². The first-order valence-electron chi connectivity index (χ1n) is 10.5. The van der Waals surface area contributed by atoms with Crippen molar-refractivity contribution < 1.29 is 0 Å². The smallest absolute Gasteiger partial charge is 0.261 e. The second kappa shape index (κ2) is 6.96.